The van der Waals surface area contributed by atoms with E-state index in [9.17, 15) is 13.2 Å². The average molecular weight is 415 g/mol. The second kappa shape index (κ2) is 7.72. The number of hydrogen-bond donors (Lipinski definition) is 0. The van der Waals surface area contributed by atoms with Crippen molar-refractivity contribution in [2.24, 2.45) is 4.99 Å². The van der Waals surface area contributed by atoms with Crippen molar-refractivity contribution in [2.45, 2.75) is 31.1 Å². The number of anilines is 1. The van der Waals surface area contributed by atoms with Gasteiger partial charge in [-0.2, -0.15) is 4.99 Å². The number of amidine groups is 1. The van der Waals surface area contributed by atoms with E-state index >= 15 is 0 Å². The zero-order valence-corrected chi connectivity index (χ0v) is 17.2. The van der Waals surface area contributed by atoms with E-state index in [1.165, 1.54) is 11.8 Å². The highest BCUT2D eigenvalue weighted by molar-refractivity contribution is 8.16. The van der Waals surface area contributed by atoms with Gasteiger partial charge in [-0.25, -0.2) is 8.42 Å². The van der Waals surface area contributed by atoms with Crippen molar-refractivity contribution >= 4 is 38.4 Å². The molecule has 2 aromatic carbocycles. The monoisotopic (exact) mass is 414 g/mol. The Morgan fingerprint density at radius 2 is 1.93 bits per heavy atom. The summed E-state index contributed by atoms with van der Waals surface area (Å²) in [6, 6.07) is 17.6. The molecule has 0 N–H and O–H groups in total. The molecular formula is C21H22N2O3S2. The fourth-order valence-electron chi connectivity index (χ4n) is 3.70. The van der Waals surface area contributed by atoms with Crippen LogP contribution in [0, 0.1) is 6.92 Å². The molecule has 0 unspecified atom stereocenters. The minimum atomic E-state index is -3.06. The number of amides is 1. The number of hydrogen-bond acceptors (Lipinski definition) is 4. The lowest BCUT2D eigenvalue weighted by molar-refractivity contribution is -0.117. The lowest BCUT2D eigenvalue weighted by atomic mass is 10.1. The van der Waals surface area contributed by atoms with Crippen LogP contribution in [0.2, 0.25) is 0 Å². The van der Waals surface area contributed by atoms with E-state index in [4.69, 9.17) is 0 Å². The van der Waals surface area contributed by atoms with Crippen molar-refractivity contribution in [3.63, 3.8) is 0 Å². The van der Waals surface area contributed by atoms with Gasteiger partial charge >= 0.3 is 0 Å². The Morgan fingerprint density at radius 3 is 2.68 bits per heavy atom. The number of aliphatic imine (C=N–C) groups is 1. The van der Waals surface area contributed by atoms with Gasteiger partial charge in [-0.15, -0.1) is 0 Å². The van der Waals surface area contributed by atoms with E-state index in [0.717, 1.165) is 16.8 Å². The van der Waals surface area contributed by atoms with E-state index in [1.807, 2.05) is 66.4 Å². The zero-order chi connectivity index (χ0) is 19.7. The molecule has 0 radical (unpaired) electrons. The van der Waals surface area contributed by atoms with Gasteiger partial charge in [-0.05, 0) is 36.6 Å². The largest absolute Gasteiger partial charge is 0.316 e. The van der Waals surface area contributed by atoms with Gasteiger partial charge in [-0.1, -0.05) is 54.2 Å². The van der Waals surface area contributed by atoms with Crippen LogP contribution in [0.5, 0.6) is 0 Å². The van der Waals surface area contributed by atoms with Crippen molar-refractivity contribution in [1.29, 1.82) is 0 Å². The molecule has 5 nitrogen and oxygen atoms in total. The number of thioether (sulfide) groups is 1. The first-order valence-electron chi connectivity index (χ1n) is 9.30. The number of fused-ring (bicyclic) bond motifs is 1. The molecule has 2 aromatic rings. The van der Waals surface area contributed by atoms with Gasteiger partial charge in [0.1, 0.15) is 0 Å². The van der Waals surface area contributed by atoms with E-state index in [0.29, 0.717) is 18.0 Å². The second-order valence-electron chi connectivity index (χ2n) is 7.28. The number of aryl methyl sites for hydroxylation is 2. The molecule has 0 saturated carbocycles. The molecule has 2 atom stereocenters. The summed E-state index contributed by atoms with van der Waals surface area (Å²) in [6.07, 6.45) is 0.982. The molecule has 7 heteroatoms. The van der Waals surface area contributed by atoms with E-state index in [1.54, 1.807) is 0 Å². The maximum atomic E-state index is 12.5. The second-order valence-corrected chi connectivity index (χ2v) is 10.6. The van der Waals surface area contributed by atoms with E-state index in [-0.39, 0.29) is 28.7 Å². The molecule has 2 fully saturated rings. The highest BCUT2D eigenvalue weighted by Gasteiger charge is 2.49. The number of benzene rings is 2. The van der Waals surface area contributed by atoms with Crippen LogP contribution in [-0.4, -0.2) is 42.3 Å². The third kappa shape index (κ3) is 4.15. The van der Waals surface area contributed by atoms with Gasteiger partial charge in [0.05, 0.1) is 17.5 Å². The summed E-state index contributed by atoms with van der Waals surface area (Å²) < 4.78 is 24.3. The van der Waals surface area contributed by atoms with Gasteiger partial charge in [-0.3, -0.25) is 4.79 Å². The Morgan fingerprint density at radius 1 is 1.14 bits per heavy atom. The fraction of sp³-hybridized carbons (Fsp3) is 0.333. The number of nitrogens with zero attached hydrogens (tertiary/aromatic N) is 2. The average Bonchev–Trinajstić information content (AvgIpc) is 3.11. The van der Waals surface area contributed by atoms with Crippen molar-refractivity contribution in [3.8, 4) is 0 Å². The normalized spacial score (nSPS) is 24.5. The number of carbonyl (C=O) groups excluding carboxylic acids is 1. The summed E-state index contributed by atoms with van der Waals surface area (Å²) in [4.78, 5) is 18.8. The predicted molar refractivity (Wildman–Crippen MR) is 115 cm³/mol. The molecular weight excluding hydrogens is 392 g/mol. The quantitative estimate of drug-likeness (QED) is 0.768. The van der Waals surface area contributed by atoms with Gasteiger partial charge < -0.3 is 4.90 Å². The van der Waals surface area contributed by atoms with Crippen LogP contribution in [0.4, 0.5) is 5.69 Å². The molecule has 2 aliphatic rings. The SMILES string of the molecule is Cc1cccc(N2C(=NC(=O)CCc3ccccc3)S[C@H]3CS(=O)(=O)C[C@H]32)c1. The molecule has 28 heavy (non-hydrogen) atoms. The molecule has 146 valence electrons. The van der Waals surface area contributed by atoms with Gasteiger partial charge in [0.2, 0.25) is 5.91 Å². The molecule has 0 aliphatic carbocycles. The predicted octanol–water partition coefficient (Wildman–Crippen LogP) is 3.23. The molecule has 0 spiro atoms. The van der Waals surface area contributed by atoms with Gasteiger partial charge in [0.25, 0.3) is 0 Å². The third-order valence-corrected chi connectivity index (χ3v) is 8.25. The molecule has 2 heterocycles. The lowest BCUT2D eigenvalue weighted by Gasteiger charge is -2.24. The van der Waals surface area contributed by atoms with Crippen LogP contribution in [0.25, 0.3) is 0 Å². The standard InChI is InChI=1S/C21H22N2O3S2/c1-15-6-5-9-17(12-15)23-18-13-28(25,26)14-19(18)27-21(23)22-20(24)11-10-16-7-3-2-4-8-16/h2-9,12,18-19H,10-11,13-14H2,1H3/t18-,19+/m1/s1. The molecule has 2 aliphatic heterocycles. The Bertz CT molecular complexity index is 1020. The van der Waals surface area contributed by atoms with Gasteiger partial charge in [0, 0.05) is 17.4 Å². The zero-order valence-electron chi connectivity index (χ0n) is 15.6. The molecule has 2 saturated heterocycles. The first-order valence-corrected chi connectivity index (χ1v) is 12.0. The summed E-state index contributed by atoms with van der Waals surface area (Å²) in [5.74, 6) is 0.0735. The maximum absolute atomic E-state index is 12.5. The van der Waals surface area contributed by atoms with Crippen molar-refractivity contribution < 1.29 is 13.2 Å². The van der Waals surface area contributed by atoms with Crippen LogP contribution in [0.1, 0.15) is 17.5 Å². The van der Waals surface area contributed by atoms with Crippen LogP contribution in [0.3, 0.4) is 0 Å². The highest BCUT2D eigenvalue weighted by atomic mass is 32.2. The summed E-state index contributed by atoms with van der Waals surface area (Å²) >= 11 is 1.42. The Labute approximate surface area is 169 Å². The molecule has 4 rings (SSSR count). The number of rotatable bonds is 4. The highest BCUT2D eigenvalue weighted by Crippen LogP contribution is 2.41. The molecule has 1 amide bonds. The summed E-state index contributed by atoms with van der Waals surface area (Å²) in [7, 11) is -3.06. The summed E-state index contributed by atoms with van der Waals surface area (Å²) in [5.41, 5.74) is 3.09. The van der Waals surface area contributed by atoms with Gasteiger partial charge in [0.15, 0.2) is 15.0 Å². The molecule has 0 aromatic heterocycles. The smallest absolute Gasteiger partial charge is 0.248 e. The van der Waals surface area contributed by atoms with Crippen LogP contribution >= 0.6 is 11.8 Å². The van der Waals surface area contributed by atoms with Crippen molar-refractivity contribution in [2.75, 3.05) is 16.4 Å². The number of sulfone groups is 1. The van der Waals surface area contributed by atoms with Crippen molar-refractivity contribution in [1.82, 2.24) is 0 Å². The first-order chi connectivity index (χ1) is 13.4. The van der Waals surface area contributed by atoms with Crippen molar-refractivity contribution in [3.05, 3.63) is 65.7 Å². The third-order valence-electron chi connectivity index (χ3n) is 5.04. The Hall–Kier alpha value is -2.12. The molecule has 0 bridgehead atoms. The Kier molecular flexibility index (Phi) is 5.29. The van der Waals surface area contributed by atoms with E-state index < -0.39 is 9.84 Å². The minimum Gasteiger partial charge on any atom is -0.316 e. The van der Waals surface area contributed by atoms with Crippen LogP contribution in [-0.2, 0) is 21.1 Å². The maximum Gasteiger partial charge on any atom is 0.248 e. The lowest BCUT2D eigenvalue weighted by Crippen LogP contribution is -2.37. The van der Waals surface area contributed by atoms with Crippen LogP contribution < -0.4 is 4.90 Å². The number of carbonyl (C=O) groups is 1. The topological polar surface area (TPSA) is 66.8 Å². The first kappa shape index (κ1) is 19.2. The summed E-state index contributed by atoms with van der Waals surface area (Å²) in [6.45, 7) is 2.00. The summed E-state index contributed by atoms with van der Waals surface area (Å²) in [5, 5.41) is 0.541. The van der Waals surface area contributed by atoms with E-state index in [2.05, 4.69) is 4.99 Å². The fourth-order valence-corrected chi connectivity index (χ4v) is 7.63. The van der Waals surface area contributed by atoms with Crippen LogP contribution in [0.15, 0.2) is 59.6 Å². The Balaban J connectivity index is 1.58. The minimum absolute atomic E-state index is 0.0776.